The number of sulfonamides is 1. The fraction of sp³-hybridized carbons (Fsp3) is 0.409. The fourth-order valence-electron chi connectivity index (χ4n) is 2.99. The topological polar surface area (TPSA) is 96.6 Å². The van der Waals surface area contributed by atoms with Crippen LogP contribution in [0.5, 0.6) is 0 Å². The van der Waals surface area contributed by atoms with Gasteiger partial charge in [0.25, 0.3) is 0 Å². The summed E-state index contributed by atoms with van der Waals surface area (Å²) < 4.78 is 22.6. The van der Waals surface area contributed by atoms with Crippen molar-refractivity contribution in [3.05, 3.63) is 65.2 Å². The van der Waals surface area contributed by atoms with Gasteiger partial charge in [-0.15, -0.1) is 24.0 Å². The average molecular weight is 545 g/mol. The molecule has 0 radical (unpaired) electrons. The number of primary sulfonamides is 1. The van der Waals surface area contributed by atoms with Crippen LogP contribution in [0, 0.1) is 0 Å². The van der Waals surface area contributed by atoms with Crippen LogP contribution < -0.4 is 15.8 Å². The molecule has 0 atom stereocenters. The molecule has 0 unspecified atom stereocenters. The second-order valence-corrected chi connectivity index (χ2v) is 9.29. The highest BCUT2D eigenvalue weighted by Gasteiger charge is 2.20. The third-order valence-electron chi connectivity index (χ3n) is 5.02. The van der Waals surface area contributed by atoms with Gasteiger partial charge in [-0.1, -0.05) is 57.2 Å². The van der Waals surface area contributed by atoms with Gasteiger partial charge in [-0.3, -0.25) is 4.99 Å². The van der Waals surface area contributed by atoms with Crippen LogP contribution in [0.15, 0.2) is 58.4 Å². The quantitative estimate of drug-likeness (QED) is 0.270. The van der Waals surface area contributed by atoms with E-state index in [1.807, 2.05) is 0 Å². The summed E-state index contributed by atoms with van der Waals surface area (Å²) in [5.74, 6) is 0.740. The normalized spacial score (nSPS) is 12.2. The van der Waals surface area contributed by atoms with E-state index in [0.717, 1.165) is 30.9 Å². The minimum absolute atomic E-state index is 0. The van der Waals surface area contributed by atoms with Gasteiger partial charge in [-0.25, -0.2) is 13.6 Å². The molecule has 2 rings (SSSR count). The number of guanidine groups is 1. The molecular weight excluding hydrogens is 511 g/mol. The monoisotopic (exact) mass is 544 g/mol. The second-order valence-electron chi connectivity index (χ2n) is 7.73. The molecule has 6 nitrogen and oxygen atoms in total. The Morgan fingerprint density at radius 3 is 2.07 bits per heavy atom. The van der Waals surface area contributed by atoms with Gasteiger partial charge >= 0.3 is 0 Å². The van der Waals surface area contributed by atoms with Gasteiger partial charge in [0, 0.05) is 25.6 Å². The summed E-state index contributed by atoms with van der Waals surface area (Å²) in [5.41, 5.74) is 3.62. The predicted octanol–water partition coefficient (Wildman–Crippen LogP) is 3.20. The summed E-state index contributed by atoms with van der Waals surface area (Å²) in [6.07, 6.45) is 1.79. The van der Waals surface area contributed by atoms with Crippen molar-refractivity contribution < 1.29 is 8.42 Å². The zero-order valence-electron chi connectivity index (χ0n) is 18.1. The van der Waals surface area contributed by atoms with Crippen LogP contribution in [-0.4, -0.2) is 34.5 Å². The largest absolute Gasteiger partial charge is 0.356 e. The van der Waals surface area contributed by atoms with Crippen molar-refractivity contribution in [1.29, 1.82) is 0 Å². The molecular formula is C22H33IN4O2S. The van der Waals surface area contributed by atoms with Gasteiger partial charge in [-0.2, -0.15) is 0 Å². The second kappa shape index (κ2) is 11.7. The molecule has 0 aliphatic rings. The lowest BCUT2D eigenvalue weighted by Gasteiger charge is -2.27. The fourth-order valence-corrected chi connectivity index (χ4v) is 3.51. The van der Waals surface area contributed by atoms with Crippen molar-refractivity contribution in [2.75, 3.05) is 20.1 Å². The van der Waals surface area contributed by atoms with E-state index in [9.17, 15) is 8.42 Å². The number of aliphatic imine (C=N–C) groups is 1. The molecule has 2 aromatic carbocycles. The molecule has 0 saturated heterocycles. The molecule has 0 heterocycles. The number of aryl methyl sites for hydroxylation is 1. The first-order chi connectivity index (χ1) is 13.7. The Kier molecular flexibility index (Phi) is 10.3. The smallest absolute Gasteiger partial charge is 0.238 e. The van der Waals surface area contributed by atoms with E-state index in [1.54, 1.807) is 19.2 Å². The summed E-state index contributed by atoms with van der Waals surface area (Å²) in [5, 5.41) is 11.8. The van der Waals surface area contributed by atoms with E-state index in [4.69, 9.17) is 5.14 Å². The molecule has 0 bridgehead atoms. The van der Waals surface area contributed by atoms with E-state index in [-0.39, 0.29) is 34.3 Å². The van der Waals surface area contributed by atoms with E-state index < -0.39 is 10.0 Å². The molecule has 0 saturated carbocycles. The van der Waals surface area contributed by atoms with E-state index in [1.165, 1.54) is 23.3 Å². The maximum atomic E-state index is 11.3. The van der Waals surface area contributed by atoms with Crippen LogP contribution in [0.3, 0.4) is 0 Å². The number of nitrogens with two attached hydrogens (primary N) is 1. The van der Waals surface area contributed by atoms with Gasteiger partial charge in [0.15, 0.2) is 5.96 Å². The number of hydrogen-bond acceptors (Lipinski definition) is 3. The molecule has 0 aliphatic carbocycles. The standard InChI is InChI=1S/C22H32N4O2S.HI/c1-5-17-6-10-19(11-7-17)22(2,3)16-26-21(24-4)25-15-14-18-8-12-20(13-9-18)29(23,27)28;/h6-13H,5,14-16H2,1-4H3,(H2,23,27,28)(H2,24,25,26);1H. The third kappa shape index (κ3) is 7.88. The minimum Gasteiger partial charge on any atom is -0.356 e. The van der Waals surface area contributed by atoms with Crippen LogP contribution in [0.25, 0.3) is 0 Å². The van der Waals surface area contributed by atoms with E-state index >= 15 is 0 Å². The average Bonchev–Trinajstić information content (AvgIpc) is 2.70. The van der Waals surface area contributed by atoms with Gasteiger partial charge in [0.1, 0.15) is 0 Å². The summed E-state index contributed by atoms with van der Waals surface area (Å²) in [6.45, 7) is 8.01. The molecule has 0 aliphatic heterocycles. The van der Waals surface area contributed by atoms with Crippen LogP contribution in [0.2, 0.25) is 0 Å². The first-order valence-electron chi connectivity index (χ1n) is 9.81. The van der Waals surface area contributed by atoms with Crippen molar-refractivity contribution in [2.45, 2.75) is 43.9 Å². The highest BCUT2D eigenvalue weighted by atomic mass is 127. The Morgan fingerprint density at radius 1 is 1.00 bits per heavy atom. The molecule has 30 heavy (non-hydrogen) atoms. The lowest BCUT2D eigenvalue weighted by molar-refractivity contribution is 0.508. The molecule has 0 aromatic heterocycles. The predicted molar refractivity (Wildman–Crippen MR) is 135 cm³/mol. The zero-order valence-corrected chi connectivity index (χ0v) is 21.3. The molecule has 0 fully saturated rings. The van der Waals surface area contributed by atoms with Crippen molar-refractivity contribution in [3.8, 4) is 0 Å². The molecule has 0 amide bonds. The van der Waals surface area contributed by atoms with Gasteiger partial charge in [-0.05, 0) is 41.7 Å². The Labute approximate surface area is 197 Å². The van der Waals surface area contributed by atoms with E-state index in [2.05, 4.69) is 60.7 Å². The summed E-state index contributed by atoms with van der Waals surface area (Å²) in [4.78, 5) is 4.41. The van der Waals surface area contributed by atoms with Crippen molar-refractivity contribution in [3.63, 3.8) is 0 Å². The number of hydrogen-bond donors (Lipinski definition) is 3. The third-order valence-corrected chi connectivity index (χ3v) is 5.95. The first kappa shape index (κ1) is 26.4. The van der Waals surface area contributed by atoms with Gasteiger partial charge in [0.05, 0.1) is 4.90 Å². The van der Waals surface area contributed by atoms with Crippen LogP contribution in [0.1, 0.15) is 37.5 Å². The van der Waals surface area contributed by atoms with Crippen molar-refractivity contribution >= 4 is 40.0 Å². The highest BCUT2D eigenvalue weighted by molar-refractivity contribution is 14.0. The van der Waals surface area contributed by atoms with Crippen LogP contribution >= 0.6 is 24.0 Å². The molecule has 166 valence electrons. The van der Waals surface area contributed by atoms with E-state index in [0.29, 0.717) is 6.54 Å². The summed E-state index contributed by atoms with van der Waals surface area (Å²) >= 11 is 0. The number of rotatable bonds is 8. The number of nitrogens with zero attached hydrogens (tertiary/aromatic N) is 1. The van der Waals surface area contributed by atoms with Gasteiger partial charge < -0.3 is 10.6 Å². The highest BCUT2D eigenvalue weighted by Crippen LogP contribution is 2.22. The summed E-state index contributed by atoms with van der Waals surface area (Å²) in [6, 6.07) is 15.4. The van der Waals surface area contributed by atoms with Crippen LogP contribution in [-0.2, 0) is 28.3 Å². The number of benzene rings is 2. The maximum Gasteiger partial charge on any atom is 0.238 e. The van der Waals surface area contributed by atoms with Crippen molar-refractivity contribution in [1.82, 2.24) is 10.6 Å². The first-order valence-corrected chi connectivity index (χ1v) is 11.4. The van der Waals surface area contributed by atoms with Gasteiger partial charge in [0.2, 0.25) is 10.0 Å². The van der Waals surface area contributed by atoms with Crippen LogP contribution in [0.4, 0.5) is 0 Å². The lowest BCUT2D eigenvalue weighted by atomic mass is 9.84. The summed E-state index contributed by atoms with van der Waals surface area (Å²) in [7, 11) is -1.90. The van der Waals surface area contributed by atoms with Crippen molar-refractivity contribution in [2.24, 2.45) is 10.1 Å². The molecule has 8 heteroatoms. The zero-order chi connectivity index (χ0) is 21.5. The molecule has 4 N–H and O–H groups in total. The minimum atomic E-state index is -3.65. The Hall–Kier alpha value is -1.65. The molecule has 2 aromatic rings. The molecule has 0 spiro atoms. The number of halogens is 1. The maximum absolute atomic E-state index is 11.3. The lowest BCUT2D eigenvalue weighted by Crippen LogP contribution is -2.44. The Balaban J connectivity index is 0.00000450. The Bertz CT molecular complexity index is 925. The Morgan fingerprint density at radius 2 is 1.57 bits per heavy atom. The number of nitrogens with one attached hydrogen (secondary N) is 2. The SMILES string of the molecule is CCc1ccc(C(C)(C)CNC(=NC)NCCc2ccc(S(N)(=O)=O)cc2)cc1.I.